The number of anilines is 1. The van der Waals surface area contributed by atoms with Gasteiger partial charge in [0.1, 0.15) is 5.52 Å². The molecule has 3 rings (SSSR count). The summed E-state index contributed by atoms with van der Waals surface area (Å²) in [6.07, 6.45) is 2.57. The lowest BCUT2D eigenvalue weighted by Gasteiger charge is -2.14. The normalized spacial score (nSPS) is 17.2. The molecule has 84 valence electrons. The van der Waals surface area contributed by atoms with E-state index in [9.17, 15) is 0 Å². The van der Waals surface area contributed by atoms with Crippen LogP contribution in [-0.4, -0.2) is 33.0 Å². The summed E-state index contributed by atoms with van der Waals surface area (Å²) >= 11 is 0. The van der Waals surface area contributed by atoms with Crippen molar-refractivity contribution in [3.8, 4) is 0 Å². The number of nitrogens with zero attached hydrogens (tertiary/aromatic N) is 4. The number of hydrogen-bond acceptors (Lipinski definition) is 4. The van der Waals surface area contributed by atoms with E-state index in [-0.39, 0.29) is 0 Å². The van der Waals surface area contributed by atoms with Crippen molar-refractivity contribution in [2.45, 2.75) is 19.5 Å². The number of hydrogen-bond donors (Lipinski definition) is 1. The molecular weight excluding hydrogens is 202 g/mol. The minimum absolute atomic E-state index is 0.762. The second kappa shape index (κ2) is 3.75. The molecule has 0 bridgehead atoms. The fourth-order valence-electron chi connectivity index (χ4n) is 2.20. The quantitative estimate of drug-likeness (QED) is 0.764. The Morgan fingerprint density at radius 1 is 1.25 bits per heavy atom. The van der Waals surface area contributed by atoms with Crippen LogP contribution in [0.2, 0.25) is 0 Å². The second-order valence-corrected chi connectivity index (χ2v) is 4.30. The minimum atomic E-state index is 0.762. The molecule has 1 aliphatic heterocycles. The average Bonchev–Trinajstić information content (AvgIpc) is 2.90. The molecule has 1 aromatic carbocycles. The van der Waals surface area contributed by atoms with Crippen molar-refractivity contribution in [2.24, 2.45) is 0 Å². The number of aromatic nitrogens is 3. The van der Waals surface area contributed by atoms with Crippen LogP contribution >= 0.6 is 0 Å². The summed E-state index contributed by atoms with van der Waals surface area (Å²) in [5.74, 6) is 0. The Morgan fingerprint density at radius 3 is 2.88 bits per heavy atom. The summed E-state index contributed by atoms with van der Waals surface area (Å²) in [7, 11) is 0. The van der Waals surface area contributed by atoms with Crippen molar-refractivity contribution in [3.63, 3.8) is 0 Å². The zero-order valence-electron chi connectivity index (χ0n) is 9.13. The van der Waals surface area contributed by atoms with Gasteiger partial charge < -0.3 is 5.73 Å². The molecule has 2 heterocycles. The van der Waals surface area contributed by atoms with Crippen LogP contribution in [0.5, 0.6) is 0 Å². The van der Waals surface area contributed by atoms with E-state index >= 15 is 0 Å². The van der Waals surface area contributed by atoms with E-state index in [1.54, 1.807) is 0 Å². The van der Waals surface area contributed by atoms with Crippen molar-refractivity contribution in [1.29, 1.82) is 0 Å². The maximum atomic E-state index is 5.78. The molecule has 0 spiro atoms. The van der Waals surface area contributed by atoms with Crippen LogP contribution in [0.15, 0.2) is 18.2 Å². The largest absolute Gasteiger partial charge is 0.399 e. The van der Waals surface area contributed by atoms with Crippen molar-refractivity contribution in [3.05, 3.63) is 18.2 Å². The molecule has 1 saturated heterocycles. The van der Waals surface area contributed by atoms with Crippen LogP contribution in [0.3, 0.4) is 0 Å². The van der Waals surface area contributed by atoms with Crippen molar-refractivity contribution in [1.82, 2.24) is 19.9 Å². The van der Waals surface area contributed by atoms with Crippen LogP contribution in [-0.2, 0) is 6.67 Å². The van der Waals surface area contributed by atoms with E-state index in [0.29, 0.717) is 0 Å². The first-order chi connectivity index (χ1) is 7.83. The maximum Gasteiger partial charge on any atom is 0.113 e. The van der Waals surface area contributed by atoms with Crippen LogP contribution in [0, 0.1) is 0 Å². The van der Waals surface area contributed by atoms with Gasteiger partial charge in [0.05, 0.1) is 12.2 Å². The van der Waals surface area contributed by atoms with E-state index in [0.717, 1.165) is 36.5 Å². The molecule has 0 saturated carbocycles. The summed E-state index contributed by atoms with van der Waals surface area (Å²) < 4.78 is 1.93. The lowest BCUT2D eigenvalue weighted by molar-refractivity contribution is 0.257. The van der Waals surface area contributed by atoms with E-state index in [1.807, 2.05) is 22.9 Å². The van der Waals surface area contributed by atoms with Gasteiger partial charge in [-0.05, 0) is 44.1 Å². The Labute approximate surface area is 93.8 Å². The Kier molecular flexibility index (Phi) is 2.25. The van der Waals surface area contributed by atoms with Gasteiger partial charge in [-0.2, -0.15) is 0 Å². The second-order valence-electron chi connectivity index (χ2n) is 4.30. The average molecular weight is 217 g/mol. The monoisotopic (exact) mass is 217 g/mol. The molecule has 0 radical (unpaired) electrons. The summed E-state index contributed by atoms with van der Waals surface area (Å²) in [5.41, 5.74) is 8.47. The fraction of sp³-hybridized carbons (Fsp3) is 0.455. The third-order valence-corrected chi connectivity index (χ3v) is 3.07. The van der Waals surface area contributed by atoms with Gasteiger partial charge in [-0.25, -0.2) is 4.68 Å². The van der Waals surface area contributed by atoms with Gasteiger partial charge in [-0.15, -0.1) is 5.10 Å². The van der Waals surface area contributed by atoms with Gasteiger partial charge in [0.2, 0.25) is 0 Å². The number of likely N-dealkylation sites (tertiary alicyclic amines) is 1. The number of rotatable bonds is 2. The first-order valence-electron chi connectivity index (χ1n) is 5.64. The van der Waals surface area contributed by atoms with Crippen molar-refractivity contribution < 1.29 is 0 Å². The summed E-state index contributed by atoms with van der Waals surface area (Å²) in [5, 5.41) is 8.30. The zero-order chi connectivity index (χ0) is 11.0. The molecule has 16 heavy (non-hydrogen) atoms. The standard InChI is InChI=1S/C11H15N5/c12-9-3-4-10-11(7-9)16(14-13-10)8-15-5-1-2-6-15/h3-4,7H,1-2,5-6,8,12H2. The van der Waals surface area contributed by atoms with Crippen LogP contribution < -0.4 is 5.73 Å². The highest BCUT2D eigenvalue weighted by molar-refractivity contribution is 5.77. The lowest BCUT2D eigenvalue weighted by Crippen LogP contribution is -2.23. The predicted molar refractivity (Wildman–Crippen MR) is 62.7 cm³/mol. The highest BCUT2D eigenvalue weighted by atomic mass is 15.5. The van der Waals surface area contributed by atoms with Crippen LogP contribution in [0.25, 0.3) is 11.0 Å². The molecule has 2 aromatic rings. The lowest BCUT2D eigenvalue weighted by atomic mass is 10.3. The van der Waals surface area contributed by atoms with Gasteiger partial charge in [0, 0.05) is 5.69 Å². The molecule has 0 atom stereocenters. The molecule has 1 fully saturated rings. The van der Waals surface area contributed by atoms with Gasteiger partial charge >= 0.3 is 0 Å². The minimum Gasteiger partial charge on any atom is -0.399 e. The topological polar surface area (TPSA) is 60.0 Å². The van der Waals surface area contributed by atoms with Crippen molar-refractivity contribution in [2.75, 3.05) is 18.8 Å². The molecule has 5 heteroatoms. The summed E-state index contributed by atoms with van der Waals surface area (Å²) in [6.45, 7) is 3.13. The highest BCUT2D eigenvalue weighted by Gasteiger charge is 2.13. The Balaban J connectivity index is 1.93. The van der Waals surface area contributed by atoms with E-state index in [4.69, 9.17) is 5.73 Å². The third-order valence-electron chi connectivity index (χ3n) is 3.07. The smallest absolute Gasteiger partial charge is 0.113 e. The molecule has 2 N–H and O–H groups in total. The maximum absolute atomic E-state index is 5.78. The number of fused-ring (bicyclic) bond motifs is 1. The van der Waals surface area contributed by atoms with Crippen molar-refractivity contribution >= 4 is 16.7 Å². The molecule has 5 nitrogen and oxygen atoms in total. The molecule has 1 aromatic heterocycles. The Hall–Kier alpha value is -1.62. The van der Waals surface area contributed by atoms with E-state index < -0.39 is 0 Å². The van der Waals surface area contributed by atoms with Gasteiger partial charge in [-0.3, -0.25) is 4.90 Å². The van der Waals surface area contributed by atoms with E-state index in [2.05, 4.69) is 15.2 Å². The van der Waals surface area contributed by atoms with Crippen LogP contribution in [0.1, 0.15) is 12.8 Å². The molecule has 0 unspecified atom stereocenters. The fourth-order valence-corrected chi connectivity index (χ4v) is 2.20. The third kappa shape index (κ3) is 1.63. The number of benzene rings is 1. The van der Waals surface area contributed by atoms with Crippen LogP contribution in [0.4, 0.5) is 5.69 Å². The van der Waals surface area contributed by atoms with Gasteiger partial charge in [0.25, 0.3) is 0 Å². The summed E-state index contributed by atoms with van der Waals surface area (Å²) in [6, 6.07) is 5.71. The Morgan fingerprint density at radius 2 is 2.06 bits per heavy atom. The zero-order valence-corrected chi connectivity index (χ0v) is 9.13. The number of nitrogens with two attached hydrogens (primary N) is 1. The highest BCUT2D eigenvalue weighted by Crippen LogP contribution is 2.16. The Bertz CT molecular complexity index is 498. The number of nitrogen functional groups attached to an aromatic ring is 1. The molecule has 1 aliphatic rings. The van der Waals surface area contributed by atoms with Gasteiger partial charge in [-0.1, -0.05) is 5.21 Å². The predicted octanol–water partition coefficient (Wildman–Crippen LogP) is 1.07. The first kappa shape index (κ1) is 9.59. The van der Waals surface area contributed by atoms with E-state index in [1.165, 1.54) is 12.8 Å². The molecular formula is C11H15N5. The van der Waals surface area contributed by atoms with Gasteiger partial charge in [0.15, 0.2) is 0 Å². The molecule has 0 amide bonds. The first-order valence-corrected chi connectivity index (χ1v) is 5.64. The molecule has 0 aliphatic carbocycles. The SMILES string of the molecule is Nc1ccc2nnn(CN3CCCC3)c2c1. The summed E-state index contributed by atoms with van der Waals surface area (Å²) in [4.78, 5) is 2.39.